The molecule has 0 saturated heterocycles. The average molecular weight is 253 g/mol. The first kappa shape index (κ1) is 10.8. The zero-order valence-electron chi connectivity index (χ0n) is 5.28. The van der Waals surface area contributed by atoms with Gasteiger partial charge in [0.05, 0.1) is 4.47 Å². The van der Waals surface area contributed by atoms with E-state index in [1.165, 1.54) is 6.26 Å². The van der Waals surface area contributed by atoms with Gasteiger partial charge in [0.25, 0.3) is 0 Å². The van der Waals surface area contributed by atoms with Crippen molar-refractivity contribution >= 4 is 44.9 Å². The van der Waals surface area contributed by atoms with Gasteiger partial charge in [-0.3, -0.25) is 0 Å². The first-order valence-electron chi connectivity index (χ1n) is 2.38. The minimum absolute atomic E-state index is 0.155. The van der Waals surface area contributed by atoms with Gasteiger partial charge in [0.2, 0.25) is 5.76 Å². The molecule has 0 aliphatic carbocycles. The lowest BCUT2D eigenvalue weighted by Gasteiger charge is -1.81. The molecule has 1 rings (SSSR count). The van der Waals surface area contributed by atoms with Crippen molar-refractivity contribution < 1.29 is 4.42 Å². The Hall–Kier alpha value is -0.250. The summed E-state index contributed by atoms with van der Waals surface area (Å²) in [5, 5.41) is 8.29. The van der Waals surface area contributed by atoms with Gasteiger partial charge in [0, 0.05) is 0 Å². The van der Waals surface area contributed by atoms with Gasteiger partial charge in [-0.1, -0.05) is 0 Å². The minimum Gasteiger partial charge on any atom is -0.450 e. The summed E-state index contributed by atoms with van der Waals surface area (Å²) in [6.45, 7) is 0. The lowest BCUT2D eigenvalue weighted by Crippen LogP contribution is -1.84. The number of hydrogen-bond acceptors (Lipinski definition) is 5. The predicted octanol–water partition coefficient (Wildman–Crippen LogP) is 2.26. The maximum atomic E-state index is 8.29. The number of nitrogen functional groups attached to an aromatic ring is 1. The van der Waals surface area contributed by atoms with Gasteiger partial charge in [-0.25, -0.2) is 0 Å². The summed E-state index contributed by atoms with van der Waals surface area (Å²) in [4.78, 5) is 0. The summed E-state index contributed by atoms with van der Waals surface area (Å²) in [6, 6.07) is 1.79. The number of anilines is 1. The van der Waals surface area contributed by atoms with Crippen LogP contribution in [0.3, 0.4) is 0 Å². The van der Waals surface area contributed by atoms with Crippen LogP contribution in [0.15, 0.2) is 15.2 Å². The van der Waals surface area contributed by atoms with Crippen molar-refractivity contribution in [3.05, 3.63) is 16.5 Å². The van der Waals surface area contributed by atoms with Crippen molar-refractivity contribution in [3.63, 3.8) is 0 Å². The van der Waals surface area contributed by atoms with Crippen LogP contribution >= 0.6 is 39.3 Å². The SMILES string of the molecule is N#Cc1occ(Br)c1N.SS. The minimum atomic E-state index is 0.155. The fraction of sp³-hybridized carbons (Fsp3) is 0. The van der Waals surface area contributed by atoms with Crippen molar-refractivity contribution in [1.29, 1.82) is 5.26 Å². The van der Waals surface area contributed by atoms with Gasteiger partial charge in [0.1, 0.15) is 18.0 Å². The van der Waals surface area contributed by atoms with Crippen LogP contribution in [0, 0.1) is 11.3 Å². The molecule has 0 aromatic carbocycles. The van der Waals surface area contributed by atoms with Crippen molar-refractivity contribution in [2.45, 2.75) is 0 Å². The molecule has 0 atom stereocenters. The standard InChI is InChI=1S/C5H3BrN2O.H2S2/c6-3-2-9-4(1-7)5(3)8;1-2/h2H,8H2;1-2H. The lowest BCUT2D eigenvalue weighted by atomic mass is 10.4. The fourth-order valence-electron chi connectivity index (χ4n) is 0.433. The lowest BCUT2D eigenvalue weighted by molar-refractivity contribution is 0.552. The van der Waals surface area contributed by atoms with Crippen LogP contribution in [0.2, 0.25) is 0 Å². The molecule has 0 aliphatic rings. The Morgan fingerprint density at radius 1 is 1.64 bits per heavy atom. The maximum absolute atomic E-state index is 8.29. The summed E-state index contributed by atoms with van der Waals surface area (Å²) >= 11 is 9.53. The van der Waals surface area contributed by atoms with E-state index in [0.29, 0.717) is 10.2 Å². The average Bonchev–Trinajstić information content (AvgIpc) is 2.37. The molecule has 60 valence electrons. The molecule has 3 nitrogen and oxygen atoms in total. The number of halogens is 1. The highest BCUT2D eigenvalue weighted by molar-refractivity contribution is 9.10. The van der Waals surface area contributed by atoms with Crippen LogP contribution in [0.5, 0.6) is 0 Å². The molecule has 0 unspecified atom stereocenters. The highest BCUT2D eigenvalue weighted by Gasteiger charge is 2.05. The van der Waals surface area contributed by atoms with Crippen LogP contribution in [0.25, 0.3) is 0 Å². The third-order valence-electron chi connectivity index (χ3n) is 0.884. The molecule has 0 aliphatic heterocycles. The number of nitrogens with zero attached hydrogens (tertiary/aromatic N) is 1. The number of rotatable bonds is 0. The van der Waals surface area contributed by atoms with E-state index in [0.717, 1.165) is 0 Å². The largest absolute Gasteiger partial charge is 0.450 e. The molecule has 1 heterocycles. The first-order valence-corrected chi connectivity index (χ1v) is 4.77. The van der Waals surface area contributed by atoms with E-state index in [1.807, 2.05) is 0 Å². The molecule has 0 bridgehead atoms. The molecule has 0 fully saturated rings. The van der Waals surface area contributed by atoms with Gasteiger partial charge in [-0.15, -0.1) is 23.3 Å². The van der Waals surface area contributed by atoms with Gasteiger partial charge >= 0.3 is 0 Å². The maximum Gasteiger partial charge on any atom is 0.227 e. The van der Waals surface area contributed by atoms with E-state index < -0.39 is 0 Å². The molecule has 2 N–H and O–H groups in total. The Kier molecular flexibility index (Phi) is 5.28. The Morgan fingerprint density at radius 2 is 2.18 bits per heavy atom. The first-order chi connectivity index (χ1) is 5.25. The Balaban J connectivity index is 0.000000461. The molecular weight excluding hydrogens is 248 g/mol. The quantitative estimate of drug-likeness (QED) is 0.491. The predicted molar refractivity (Wildman–Crippen MR) is 53.5 cm³/mol. The molecule has 0 radical (unpaired) electrons. The van der Waals surface area contributed by atoms with Crippen LogP contribution < -0.4 is 5.73 Å². The third-order valence-corrected chi connectivity index (χ3v) is 1.50. The highest BCUT2D eigenvalue weighted by atomic mass is 79.9. The molecular formula is C5H5BrN2OS2. The fourth-order valence-corrected chi connectivity index (χ4v) is 0.706. The van der Waals surface area contributed by atoms with E-state index in [9.17, 15) is 0 Å². The van der Waals surface area contributed by atoms with Gasteiger partial charge < -0.3 is 10.2 Å². The van der Waals surface area contributed by atoms with E-state index in [-0.39, 0.29) is 5.76 Å². The molecule has 0 saturated carbocycles. The van der Waals surface area contributed by atoms with E-state index in [4.69, 9.17) is 15.4 Å². The van der Waals surface area contributed by atoms with Crippen LogP contribution in [0.4, 0.5) is 5.69 Å². The zero-order valence-corrected chi connectivity index (χ0v) is 8.66. The normalized spacial score (nSPS) is 7.82. The highest BCUT2D eigenvalue weighted by Crippen LogP contribution is 2.23. The zero-order chi connectivity index (χ0) is 8.85. The van der Waals surface area contributed by atoms with E-state index in [2.05, 4.69) is 39.3 Å². The molecule has 0 amide bonds. The summed E-state index contributed by atoms with van der Waals surface area (Å²) in [5.41, 5.74) is 5.71. The molecule has 1 aromatic heterocycles. The monoisotopic (exact) mass is 252 g/mol. The van der Waals surface area contributed by atoms with Gasteiger partial charge in [-0.05, 0) is 15.9 Å². The molecule has 0 spiro atoms. The Labute approximate surface area is 82.9 Å². The second kappa shape index (κ2) is 5.41. The molecule has 1 aromatic rings. The van der Waals surface area contributed by atoms with Crippen LogP contribution in [-0.2, 0) is 0 Å². The Morgan fingerprint density at radius 3 is 2.36 bits per heavy atom. The van der Waals surface area contributed by atoms with Crippen LogP contribution in [0.1, 0.15) is 5.76 Å². The number of hydrogen-bond donors (Lipinski definition) is 3. The van der Waals surface area contributed by atoms with Crippen molar-refractivity contribution in [1.82, 2.24) is 0 Å². The summed E-state index contributed by atoms with van der Waals surface area (Å²) in [5.74, 6) is 0.155. The molecule has 11 heavy (non-hydrogen) atoms. The smallest absolute Gasteiger partial charge is 0.227 e. The summed E-state index contributed by atoms with van der Waals surface area (Å²) < 4.78 is 5.34. The van der Waals surface area contributed by atoms with Gasteiger partial charge in [0.15, 0.2) is 0 Å². The van der Waals surface area contributed by atoms with Crippen molar-refractivity contribution in [3.8, 4) is 6.07 Å². The summed E-state index contributed by atoms with van der Waals surface area (Å²) in [7, 11) is 0. The number of nitrogens with two attached hydrogens (primary N) is 1. The molecule has 6 heteroatoms. The van der Waals surface area contributed by atoms with Crippen molar-refractivity contribution in [2.75, 3.05) is 5.73 Å². The number of furan rings is 1. The van der Waals surface area contributed by atoms with E-state index >= 15 is 0 Å². The second-order valence-electron chi connectivity index (χ2n) is 1.44. The van der Waals surface area contributed by atoms with Gasteiger partial charge in [-0.2, -0.15) is 5.26 Å². The van der Waals surface area contributed by atoms with E-state index in [1.54, 1.807) is 6.07 Å². The summed E-state index contributed by atoms with van der Waals surface area (Å²) in [6.07, 6.45) is 1.38. The number of nitriles is 1. The topological polar surface area (TPSA) is 63.0 Å². The van der Waals surface area contributed by atoms with Crippen molar-refractivity contribution in [2.24, 2.45) is 0 Å². The second-order valence-corrected chi connectivity index (χ2v) is 2.29. The Bertz CT molecular complexity index is 268. The number of thiol groups is 2. The van der Waals surface area contributed by atoms with Crippen LogP contribution in [-0.4, -0.2) is 0 Å². The third kappa shape index (κ3) is 2.69.